The standard InChI is InChI=1S/C38H44N2O2S4/c1-3-5-7-9-11-13-15-40-25-17-34(44-23-25)36-21-32-38(46-36)27-18-26-29(19-30(27)42-32)41-31-20-35(45-37(26)31)33-16-24(22-43-33)28(39)14-12-10-8-6-4-2/h16-23,28,40H,3-15,39H2,1-2H3. The summed E-state index contributed by atoms with van der Waals surface area (Å²) in [4.78, 5) is 5.07. The Morgan fingerprint density at radius 3 is 1.87 bits per heavy atom. The molecule has 0 radical (unpaired) electrons. The second kappa shape index (κ2) is 14.7. The largest absolute Gasteiger partial charge is 0.455 e. The van der Waals surface area contributed by atoms with E-state index in [1.807, 2.05) is 22.7 Å². The third-order valence-corrected chi connectivity index (χ3v) is 13.6. The van der Waals surface area contributed by atoms with E-state index in [1.165, 1.54) is 111 Å². The van der Waals surface area contributed by atoms with Crippen LogP contribution in [0, 0.1) is 0 Å². The molecule has 0 saturated carbocycles. The molecule has 1 unspecified atom stereocenters. The number of furan rings is 2. The molecule has 0 aliphatic rings. The average Bonchev–Trinajstić information content (AvgIpc) is 3.89. The Balaban J connectivity index is 1.07. The molecule has 7 rings (SSSR count). The maximum Gasteiger partial charge on any atom is 0.146 e. The molecule has 4 nitrogen and oxygen atoms in total. The fourth-order valence-electron chi connectivity index (χ4n) is 6.35. The third kappa shape index (κ3) is 6.83. The van der Waals surface area contributed by atoms with Gasteiger partial charge in [0.2, 0.25) is 0 Å². The zero-order valence-electron chi connectivity index (χ0n) is 26.9. The predicted octanol–water partition coefficient (Wildman–Crippen LogP) is 14.2. The molecule has 0 bridgehead atoms. The molecule has 7 aromatic rings. The lowest BCUT2D eigenvalue weighted by molar-refractivity contribution is 0.556. The van der Waals surface area contributed by atoms with Crippen LogP contribution in [0.1, 0.15) is 103 Å². The highest BCUT2D eigenvalue weighted by Gasteiger charge is 2.19. The van der Waals surface area contributed by atoms with Gasteiger partial charge >= 0.3 is 0 Å². The molecule has 242 valence electrons. The Morgan fingerprint density at radius 1 is 0.609 bits per heavy atom. The smallest absolute Gasteiger partial charge is 0.146 e. The quantitative estimate of drug-likeness (QED) is 0.0935. The van der Waals surface area contributed by atoms with E-state index in [-0.39, 0.29) is 6.04 Å². The number of nitrogens with two attached hydrogens (primary N) is 1. The fraction of sp³-hybridized carbons (Fsp3) is 0.421. The minimum absolute atomic E-state index is 0.116. The molecular weight excluding hydrogens is 645 g/mol. The van der Waals surface area contributed by atoms with Crippen molar-refractivity contribution in [3.05, 3.63) is 52.7 Å². The van der Waals surface area contributed by atoms with Crippen LogP contribution in [0.4, 0.5) is 5.69 Å². The normalized spacial score (nSPS) is 12.8. The van der Waals surface area contributed by atoms with E-state index in [1.54, 1.807) is 22.7 Å². The van der Waals surface area contributed by atoms with Crippen LogP contribution in [0.25, 0.3) is 62.0 Å². The van der Waals surface area contributed by atoms with Gasteiger partial charge in [-0.05, 0) is 42.0 Å². The highest BCUT2D eigenvalue weighted by molar-refractivity contribution is 7.27. The molecule has 6 aromatic heterocycles. The van der Waals surface area contributed by atoms with Crippen LogP contribution in [0.2, 0.25) is 0 Å². The molecule has 1 atom stereocenters. The highest BCUT2D eigenvalue weighted by Crippen LogP contribution is 2.46. The van der Waals surface area contributed by atoms with Gasteiger partial charge in [0.05, 0.1) is 9.40 Å². The van der Waals surface area contributed by atoms with E-state index >= 15 is 0 Å². The van der Waals surface area contributed by atoms with Crippen molar-refractivity contribution in [3.8, 4) is 19.5 Å². The molecule has 3 N–H and O–H groups in total. The van der Waals surface area contributed by atoms with Gasteiger partial charge in [-0.25, -0.2) is 0 Å². The van der Waals surface area contributed by atoms with Gasteiger partial charge in [-0.15, -0.1) is 45.3 Å². The Labute approximate surface area is 287 Å². The van der Waals surface area contributed by atoms with Gasteiger partial charge in [-0.3, -0.25) is 0 Å². The first-order chi connectivity index (χ1) is 22.6. The van der Waals surface area contributed by atoms with Crippen molar-refractivity contribution in [2.24, 2.45) is 5.73 Å². The molecule has 8 heteroatoms. The molecule has 0 aliphatic carbocycles. The van der Waals surface area contributed by atoms with Crippen LogP contribution in [-0.4, -0.2) is 6.54 Å². The van der Waals surface area contributed by atoms with Gasteiger partial charge in [0.1, 0.15) is 22.3 Å². The third-order valence-electron chi connectivity index (χ3n) is 9.02. The van der Waals surface area contributed by atoms with E-state index < -0.39 is 0 Å². The summed E-state index contributed by atoms with van der Waals surface area (Å²) < 4.78 is 15.1. The summed E-state index contributed by atoms with van der Waals surface area (Å²) in [5.41, 5.74) is 12.7. The molecule has 1 aromatic carbocycles. The molecule has 0 amide bonds. The molecule has 0 spiro atoms. The van der Waals surface area contributed by atoms with Crippen molar-refractivity contribution in [2.45, 2.75) is 96.9 Å². The Kier molecular flexibility index (Phi) is 10.2. The summed E-state index contributed by atoms with van der Waals surface area (Å²) in [5.74, 6) is 0. The van der Waals surface area contributed by atoms with Crippen molar-refractivity contribution < 1.29 is 8.83 Å². The monoisotopic (exact) mass is 688 g/mol. The predicted molar refractivity (Wildman–Crippen MR) is 206 cm³/mol. The summed E-state index contributed by atoms with van der Waals surface area (Å²) >= 11 is 7.23. The van der Waals surface area contributed by atoms with E-state index in [9.17, 15) is 0 Å². The van der Waals surface area contributed by atoms with E-state index in [0.29, 0.717) is 0 Å². The van der Waals surface area contributed by atoms with Crippen molar-refractivity contribution in [2.75, 3.05) is 11.9 Å². The maximum absolute atomic E-state index is 6.58. The number of benzene rings is 1. The summed E-state index contributed by atoms with van der Waals surface area (Å²) in [6.45, 7) is 5.57. The lowest BCUT2D eigenvalue weighted by atomic mass is 10.0. The molecular formula is C38H44N2O2S4. The summed E-state index contributed by atoms with van der Waals surface area (Å²) in [7, 11) is 0. The van der Waals surface area contributed by atoms with Crippen LogP contribution < -0.4 is 11.1 Å². The minimum atomic E-state index is 0.116. The lowest BCUT2D eigenvalue weighted by Crippen LogP contribution is -2.08. The maximum atomic E-state index is 6.58. The Morgan fingerprint density at radius 2 is 1.20 bits per heavy atom. The Bertz CT molecular complexity index is 2030. The van der Waals surface area contributed by atoms with Crippen LogP contribution in [-0.2, 0) is 0 Å². The molecule has 0 saturated heterocycles. The van der Waals surface area contributed by atoms with Crippen LogP contribution in [0.5, 0.6) is 0 Å². The lowest BCUT2D eigenvalue weighted by Gasteiger charge is -2.09. The number of hydrogen-bond acceptors (Lipinski definition) is 8. The molecule has 0 fully saturated rings. The average molecular weight is 689 g/mol. The van der Waals surface area contributed by atoms with Crippen LogP contribution >= 0.6 is 45.3 Å². The minimum Gasteiger partial charge on any atom is -0.455 e. The van der Waals surface area contributed by atoms with Gasteiger partial charge in [0.15, 0.2) is 0 Å². The highest BCUT2D eigenvalue weighted by atomic mass is 32.1. The van der Waals surface area contributed by atoms with Crippen LogP contribution in [0.15, 0.2) is 56.0 Å². The summed E-state index contributed by atoms with van der Waals surface area (Å²) in [6.07, 6.45) is 15.4. The number of thiophene rings is 4. The van der Waals surface area contributed by atoms with Crippen LogP contribution in [0.3, 0.4) is 0 Å². The van der Waals surface area contributed by atoms with Gasteiger partial charge in [-0.1, -0.05) is 78.1 Å². The summed E-state index contributed by atoms with van der Waals surface area (Å²) in [6, 6.07) is 13.4. The van der Waals surface area contributed by atoms with Gasteiger partial charge < -0.3 is 19.9 Å². The van der Waals surface area contributed by atoms with E-state index in [4.69, 9.17) is 14.6 Å². The van der Waals surface area contributed by atoms with Crippen molar-refractivity contribution in [3.63, 3.8) is 0 Å². The number of fused-ring (bicyclic) bond motifs is 6. The fourth-order valence-corrected chi connectivity index (χ4v) is 10.6. The number of hydrogen-bond donors (Lipinski definition) is 2. The molecule has 46 heavy (non-hydrogen) atoms. The first-order valence-corrected chi connectivity index (χ1v) is 20.5. The van der Waals surface area contributed by atoms with Crippen molar-refractivity contribution >= 4 is 93.5 Å². The Hall–Kier alpha value is -2.62. The summed E-state index contributed by atoms with van der Waals surface area (Å²) in [5, 5.41) is 10.4. The van der Waals surface area contributed by atoms with Crippen molar-refractivity contribution in [1.82, 2.24) is 0 Å². The number of nitrogens with one attached hydrogen (secondary N) is 1. The van der Waals surface area contributed by atoms with Gasteiger partial charge in [0, 0.05) is 72.1 Å². The second-order valence-corrected chi connectivity index (χ2v) is 16.5. The first-order valence-electron chi connectivity index (χ1n) is 17.1. The van der Waals surface area contributed by atoms with E-state index in [0.717, 1.165) is 46.1 Å². The SMILES string of the molecule is CCCCCCCCNc1csc(-c2cc3oc4cc5oc6cc(-c7cc(C(N)CCCCCCC)cs7)sc6c5cc4c3s2)c1. The number of anilines is 1. The molecule has 6 heterocycles. The van der Waals surface area contributed by atoms with Crippen molar-refractivity contribution in [1.29, 1.82) is 0 Å². The zero-order valence-corrected chi connectivity index (χ0v) is 30.2. The van der Waals surface area contributed by atoms with E-state index in [2.05, 4.69) is 66.3 Å². The molecule has 0 aliphatic heterocycles. The van der Waals surface area contributed by atoms with Gasteiger partial charge in [0.25, 0.3) is 0 Å². The number of rotatable bonds is 17. The zero-order chi connectivity index (χ0) is 31.5. The number of unbranched alkanes of at least 4 members (excludes halogenated alkanes) is 9. The first kappa shape index (κ1) is 32.0. The second-order valence-electron chi connectivity index (χ2n) is 12.6. The topological polar surface area (TPSA) is 64.3 Å². The van der Waals surface area contributed by atoms with Gasteiger partial charge in [-0.2, -0.15) is 0 Å².